The molecule has 0 aliphatic carbocycles. The molecule has 0 aromatic heterocycles. The fourth-order valence-corrected chi connectivity index (χ4v) is 2.36. The second-order valence-corrected chi connectivity index (χ2v) is 5.47. The molecule has 5 heteroatoms. The van der Waals surface area contributed by atoms with Crippen LogP contribution in [-0.4, -0.2) is 31.4 Å². The minimum atomic E-state index is -0.528. The first-order valence-electron chi connectivity index (χ1n) is 7.80. The fourth-order valence-electron chi connectivity index (χ4n) is 2.36. The maximum absolute atomic E-state index is 12.2. The lowest BCUT2D eigenvalue weighted by atomic mass is 10.0. The Kier molecular flexibility index (Phi) is 6.37. The predicted octanol–water partition coefficient (Wildman–Crippen LogP) is 2.42. The molecule has 126 valence electrons. The molecular weight excluding hydrogens is 304 g/mol. The van der Waals surface area contributed by atoms with Crippen LogP contribution < -0.4 is 15.4 Å². The Morgan fingerprint density at radius 2 is 1.71 bits per heavy atom. The van der Waals surface area contributed by atoms with Gasteiger partial charge in [-0.15, -0.1) is 0 Å². The molecule has 5 nitrogen and oxygen atoms in total. The third-order valence-corrected chi connectivity index (χ3v) is 3.65. The van der Waals surface area contributed by atoms with E-state index in [4.69, 9.17) is 4.74 Å². The molecule has 0 aliphatic rings. The molecule has 0 fully saturated rings. The van der Waals surface area contributed by atoms with Crippen LogP contribution in [-0.2, 0) is 16.0 Å². The van der Waals surface area contributed by atoms with Crippen LogP contribution >= 0.6 is 0 Å². The van der Waals surface area contributed by atoms with Crippen LogP contribution in [0.1, 0.15) is 12.5 Å². The quantitative estimate of drug-likeness (QED) is 0.782. The molecule has 0 saturated carbocycles. The highest BCUT2D eigenvalue weighted by molar-refractivity contribution is 5.89. The number of carbonyl (C=O) groups excluding carboxylic acids is 2. The van der Waals surface area contributed by atoms with E-state index < -0.39 is 6.04 Å². The van der Waals surface area contributed by atoms with Gasteiger partial charge < -0.3 is 15.4 Å². The summed E-state index contributed by atoms with van der Waals surface area (Å²) in [6.07, 6.45) is 0.483. The van der Waals surface area contributed by atoms with Gasteiger partial charge in [0.15, 0.2) is 5.78 Å². The minimum absolute atomic E-state index is 0.0653. The van der Waals surface area contributed by atoms with Crippen molar-refractivity contribution in [1.29, 1.82) is 0 Å². The van der Waals surface area contributed by atoms with E-state index >= 15 is 0 Å². The van der Waals surface area contributed by atoms with E-state index in [9.17, 15) is 9.59 Å². The standard InChI is InChI=1S/C19H22N2O3/c1-14(22)17(12-15-8-4-3-5-9-15)21-19(23)13-20-16-10-6-7-11-18(16)24-2/h3-11,17,20H,12-13H2,1-2H3,(H,21,23)/t17-/m1/s1. The van der Waals surface area contributed by atoms with Crippen LogP contribution in [0.2, 0.25) is 0 Å². The second-order valence-electron chi connectivity index (χ2n) is 5.47. The number of benzene rings is 2. The Balaban J connectivity index is 1.92. The normalized spacial score (nSPS) is 11.4. The summed E-state index contributed by atoms with van der Waals surface area (Å²) in [6.45, 7) is 1.56. The summed E-state index contributed by atoms with van der Waals surface area (Å²) in [5.74, 6) is 0.360. The van der Waals surface area contributed by atoms with E-state index in [-0.39, 0.29) is 18.2 Å². The summed E-state index contributed by atoms with van der Waals surface area (Å²) in [6, 6.07) is 16.5. The number of Topliss-reactive ketones (excluding diaryl/α,β-unsaturated/α-hetero) is 1. The number of amides is 1. The van der Waals surface area contributed by atoms with Crippen molar-refractivity contribution in [3.05, 3.63) is 60.2 Å². The average molecular weight is 326 g/mol. The highest BCUT2D eigenvalue weighted by Gasteiger charge is 2.17. The van der Waals surface area contributed by atoms with E-state index in [0.717, 1.165) is 11.3 Å². The van der Waals surface area contributed by atoms with Gasteiger partial charge in [0.1, 0.15) is 5.75 Å². The number of hydrogen-bond acceptors (Lipinski definition) is 4. The Morgan fingerprint density at radius 1 is 1.04 bits per heavy atom. The van der Waals surface area contributed by atoms with Crippen molar-refractivity contribution in [1.82, 2.24) is 5.32 Å². The van der Waals surface area contributed by atoms with Gasteiger partial charge in [-0.2, -0.15) is 0 Å². The summed E-state index contributed by atoms with van der Waals surface area (Å²) in [4.78, 5) is 24.0. The van der Waals surface area contributed by atoms with Crippen LogP contribution in [0.25, 0.3) is 0 Å². The van der Waals surface area contributed by atoms with E-state index in [2.05, 4.69) is 10.6 Å². The highest BCUT2D eigenvalue weighted by Crippen LogP contribution is 2.22. The van der Waals surface area contributed by atoms with Crippen molar-refractivity contribution in [3.63, 3.8) is 0 Å². The minimum Gasteiger partial charge on any atom is -0.495 e. The van der Waals surface area contributed by atoms with Crippen LogP contribution in [0.15, 0.2) is 54.6 Å². The van der Waals surface area contributed by atoms with Gasteiger partial charge in [-0.05, 0) is 31.0 Å². The fraction of sp³-hybridized carbons (Fsp3) is 0.263. The molecule has 24 heavy (non-hydrogen) atoms. The van der Waals surface area contributed by atoms with Gasteiger partial charge in [0.2, 0.25) is 5.91 Å². The van der Waals surface area contributed by atoms with Crippen molar-refractivity contribution in [2.45, 2.75) is 19.4 Å². The number of rotatable bonds is 8. The Hall–Kier alpha value is -2.82. The number of para-hydroxylation sites is 2. The maximum Gasteiger partial charge on any atom is 0.239 e. The van der Waals surface area contributed by atoms with Crippen molar-refractivity contribution < 1.29 is 14.3 Å². The van der Waals surface area contributed by atoms with Crippen molar-refractivity contribution in [2.24, 2.45) is 0 Å². The number of carbonyl (C=O) groups is 2. The Morgan fingerprint density at radius 3 is 2.38 bits per heavy atom. The highest BCUT2D eigenvalue weighted by atomic mass is 16.5. The number of hydrogen-bond donors (Lipinski definition) is 2. The number of methoxy groups -OCH3 is 1. The summed E-state index contributed by atoms with van der Waals surface area (Å²) >= 11 is 0. The first-order valence-corrected chi connectivity index (χ1v) is 7.80. The lowest BCUT2D eigenvalue weighted by Crippen LogP contribution is -2.43. The number of nitrogens with one attached hydrogen (secondary N) is 2. The molecule has 0 spiro atoms. The number of ketones is 1. The lowest BCUT2D eigenvalue weighted by molar-refractivity contribution is -0.125. The molecule has 1 amide bonds. The zero-order valence-electron chi connectivity index (χ0n) is 13.9. The van der Waals surface area contributed by atoms with Gasteiger partial charge in [0.25, 0.3) is 0 Å². The van der Waals surface area contributed by atoms with E-state index in [0.29, 0.717) is 12.2 Å². The molecule has 0 radical (unpaired) electrons. The van der Waals surface area contributed by atoms with Gasteiger partial charge in [-0.1, -0.05) is 42.5 Å². The van der Waals surface area contributed by atoms with Gasteiger partial charge in [0, 0.05) is 0 Å². The second kappa shape index (κ2) is 8.72. The predicted molar refractivity (Wildman–Crippen MR) is 94.2 cm³/mol. The summed E-state index contributed by atoms with van der Waals surface area (Å²) in [5, 5.41) is 5.80. The molecule has 1 atom stereocenters. The van der Waals surface area contributed by atoms with Gasteiger partial charge >= 0.3 is 0 Å². The summed E-state index contributed by atoms with van der Waals surface area (Å²) in [5.41, 5.74) is 1.74. The molecule has 2 rings (SSSR count). The van der Waals surface area contributed by atoms with Crippen LogP contribution in [0.5, 0.6) is 5.75 Å². The van der Waals surface area contributed by atoms with Gasteiger partial charge in [-0.3, -0.25) is 9.59 Å². The van der Waals surface area contributed by atoms with Crippen molar-refractivity contribution in [3.8, 4) is 5.75 Å². The van der Waals surface area contributed by atoms with Gasteiger partial charge in [0.05, 0.1) is 25.4 Å². The zero-order chi connectivity index (χ0) is 17.4. The molecule has 0 aliphatic heterocycles. The first kappa shape index (κ1) is 17.5. The zero-order valence-corrected chi connectivity index (χ0v) is 13.9. The topological polar surface area (TPSA) is 67.4 Å². The molecule has 2 aromatic rings. The van der Waals surface area contributed by atoms with E-state index in [1.807, 2.05) is 54.6 Å². The molecule has 2 aromatic carbocycles. The SMILES string of the molecule is COc1ccccc1NCC(=O)N[C@H](Cc1ccccc1)C(C)=O. The molecular formula is C19H22N2O3. The molecule has 0 bridgehead atoms. The first-order chi connectivity index (χ1) is 11.6. The van der Waals surface area contributed by atoms with E-state index in [1.165, 1.54) is 6.92 Å². The summed E-state index contributed by atoms with van der Waals surface area (Å²) in [7, 11) is 1.58. The summed E-state index contributed by atoms with van der Waals surface area (Å²) < 4.78 is 5.23. The smallest absolute Gasteiger partial charge is 0.239 e. The van der Waals surface area contributed by atoms with Crippen LogP contribution in [0, 0.1) is 0 Å². The van der Waals surface area contributed by atoms with Crippen molar-refractivity contribution >= 4 is 17.4 Å². The average Bonchev–Trinajstić information content (AvgIpc) is 2.60. The van der Waals surface area contributed by atoms with Crippen LogP contribution in [0.3, 0.4) is 0 Å². The number of ether oxygens (including phenoxy) is 1. The third-order valence-electron chi connectivity index (χ3n) is 3.65. The Bertz CT molecular complexity index is 686. The lowest BCUT2D eigenvalue weighted by Gasteiger charge is -2.17. The largest absolute Gasteiger partial charge is 0.495 e. The Labute approximate surface area is 142 Å². The van der Waals surface area contributed by atoms with E-state index in [1.54, 1.807) is 7.11 Å². The molecule has 2 N–H and O–H groups in total. The van der Waals surface area contributed by atoms with Crippen molar-refractivity contribution in [2.75, 3.05) is 19.0 Å². The number of anilines is 1. The third kappa shape index (κ3) is 5.12. The van der Waals surface area contributed by atoms with Gasteiger partial charge in [-0.25, -0.2) is 0 Å². The van der Waals surface area contributed by atoms with Crippen LogP contribution in [0.4, 0.5) is 5.69 Å². The molecule has 0 heterocycles. The monoisotopic (exact) mass is 326 g/mol. The molecule has 0 unspecified atom stereocenters. The molecule has 0 saturated heterocycles. The maximum atomic E-state index is 12.2.